The largest absolute Gasteiger partial charge is 0.493 e. The second-order valence-electron chi connectivity index (χ2n) is 6.38. The second kappa shape index (κ2) is 9.01. The highest BCUT2D eigenvalue weighted by Crippen LogP contribution is 2.27. The Labute approximate surface area is 168 Å². The van der Waals surface area contributed by atoms with Crippen molar-refractivity contribution in [1.82, 2.24) is 5.43 Å². The van der Waals surface area contributed by atoms with E-state index in [1.165, 1.54) is 18.3 Å². The number of para-hydroxylation sites is 1. The van der Waals surface area contributed by atoms with Crippen molar-refractivity contribution in [3.05, 3.63) is 54.1 Å². The monoisotopic (exact) mass is 394 g/mol. The normalized spacial score (nSPS) is 16.1. The summed E-state index contributed by atoms with van der Waals surface area (Å²) in [6, 6.07) is 14.4. The third kappa shape index (κ3) is 4.60. The lowest BCUT2D eigenvalue weighted by Crippen LogP contribution is -2.29. The lowest BCUT2D eigenvalue weighted by molar-refractivity contribution is -0.120. The maximum atomic E-state index is 12.6. The fourth-order valence-corrected chi connectivity index (χ4v) is 2.90. The zero-order valence-electron chi connectivity index (χ0n) is 16.5. The van der Waals surface area contributed by atoms with Crippen molar-refractivity contribution in [3.8, 4) is 11.5 Å². The predicted molar refractivity (Wildman–Crippen MR) is 110 cm³/mol. The molecule has 3 rings (SSSR count). The quantitative estimate of drug-likeness (QED) is 0.576. The number of methoxy groups -OCH3 is 2. The molecule has 0 radical (unpaired) electrons. The van der Waals surface area contributed by atoms with Gasteiger partial charge in [-0.1, -0.05) is 24.3 Å². The molecule has 8 heteroatoms. The van der Waals surface area contributed by atoms with E-state index in [1.807, 2.05) is 18.2 Å². The summed E-state index contributed by atoms with van der Waals surface area (Å²) in [4.78, 5) is 24.8. The molecule has 2 amide bonds. The number of hydrazone groups is 2. The van der Waals surface area contributed by atoms with Gasteiger partial charge in [-0.05, 0) is 36.8 Å². The molecule has 0 aliphatic carbocycles. The molecule has 0 spiro atoms. The molecule has 2 aromatic rings. The van der Waals surface area contributed by atoms with Crippen molar-refractivity contribution in [3.63, 3.8) is 0 Å². The summed E-state index contributed by atoms with van der Waals surface area (Å²) in [5.41, 5.74) is 4.50. The number of carbonyl (C=O) groups excluding carboxylic acids is 2. The van der Waals surface area contributed by atoms with Gasteiger partial charge in [-0.15, -0.1) is 0 Å². The number of amides is 2. The van der Waals surface area contributed by atoms with Crippen LogP contribution < -0.4 is 19.9 Å². The van der Waals surface area contributed by atoms with Gasteiger partial charge in [-0.3, -0.25) is 9.59 Å². The average Bonchev–Trinajstić information content (AvgIpc) is 3.02. The van der Waals surface area contributed by atoms with Crippen LogP contribution in [-0.4, -0.2) is 38.0 Å². The predicted octanol–water partition coefficient (Wildman–Crippen LogP) is 2.39. The fourth-order valence-electron chi connectivity index (χ4n) is 2.90. The Morgan fingerprint density at radius 2 is 1.90 bits per heavy atom. The first-order valence-corrected chi connectivity index (χ1v) is 9.00. The van der Waals surface area contributed by atoms with E-state index in [-0.39, 0.29) is 18.2 Å². The van der Waals surface area contributed by atoms with Gasteiger partial charge in [0.15, 0.2) is 11.5 Å². The van der Waals surface area contributed by atoms with Gasteiger partial charge in [0.1, 0.15) is 5.92 Å². The van der Waals surface area contributed by atoms with Crippen LogP contribution in [0.5, 0.6) is 11.5 Å². The average molecular weight is 394 g/mol. The highest BCUT2D eigenvalue weighted by Gasteiger charge is 2.33. The van der Waals surface area contributed by atoms with Crippen LogP contribution in [0, 0.1) is 5.92 Å². The van der Waals surface area contributed by atoms with E-state index in [0.29, 0.717) is 22.9 Å². The van der Waals surface area contributed by atoms with Crippen molar-refractivity contribution < 1.29 is 19.1 Å². The first kappa shape index (κ1) is 20.1. The minimum absolute atomic E-state index is 0.111. The number of rotatable bonds is 7. The highest BCUT2D eigenvalue weighted by atomic mass is 16.5. The number of anilines is 1. The van der Waals surface area contributed by atoms with Gasteiger partial charge >= 0.3 is 0 Å². The minimum Gasteiger partial charge on any atom is -0.493 e. The van der Waals surface area contributed by atoms with Crippen LogP contribution in [0.15, 0.2) is 58.7 Å². The Balaban J connectivity index is 1.59. The minimum atomic E-state index is -0.614. The Bertz CT molecular complexity index is 956. The molecule has 1 atom stereocenters. The summed E-state index contributed by atoms with van der Waals surface area (Å²) >= 11 is 0. The molecule has 0 saturated heterocycles. The Kier molecular flexibility index (Phi) is 6.23. The summed E-state index contributed by atoms with van der Waals surface area (Å²) in [6.45, 7) is 1.75. The summed E-state index contributed by atoms with van der Waals surface area (Å²) < 4.78 is 10.4. The molecule has 2 aromatic carbocycles. The maximum absolute atomic E-state index is 12.6. The number of ether oxygens (including phenoxy) is 2. The van der Waals surface area contributed by atoms with Crippen molar-refractivity contribution in [2.24, 2.45) is 16.1 Å². The summed E-state index contributed by atoms with van der Waals surface area (Å²) in [6.07, 6.45) is 1.51. The van der Waals surface area contributed by atoms with Gasteiger partial charge in [-0.2, -0.15) is 15.2 Å². The molecule has 0 unspecified atom stereocenters. The van der Waals surface area contributed by atoms with E-state index in [0.717, 1.165) is 5.56 Å². The van der Waals surface area contributed by atoms with Crippen LogP contribution in [-0.2, 0) is 16.0 Å². The molecule has 0 aromatic heterocycles. The maximum Gasteiger partial charge on any atom is 0.261 e. The van der Waals surface area contributed by atoms with E-state index < -0.39 is 5.92 Å². The molecule has 1 heterocycles. The molecule has 0 saturated carbocycles. The number of hydrogen-bond acceptors (Lipinski definition) is 6. The van der Waals surface area contributed by atoms with Gasteiger partial charge in [0, 0.05) is 6.21 Å². The van der Waals surface area contributed by atoms with Crippen molar-refractivity contribution in [1.29, 1.82) is 0 Å². The van der Waals surface area contributed by atoms with Crippen LogP contribution in [0.1, 0.15) is 12.5 Å². The molecular formula is C21H22N4O4. The third-order valence-corrected chi connectivity index (χ3v) is 4.41. The van der Waals surface area contributed by atoms with E-state index in [1.54, 1.807) is 44.4 Å². The Hall–Kier alpha value is -3.68. The number of benzene rings is 2. The molecule has 0 bridgehead atoms. The van der Waals surface area contributed by atoms with Crippen LogP contribution in [0.25, 0.3) is 0 Å². The fraction of sp³-hybridized carbons (Fsp3) is 0.238. The lowest BCUT2D eigenvalue weighted by atomic mass is 10.1. The van der Waals surface area contributed by atoms with Gasteiger partial charge in [-0.25, -0.2) is 5.43 Å². The van der Waals surface area contributed by atoms with Crippen LogP contribution in [0.2, 0.25) is 0 Å². The second-order valence-corrected chi connectivity index (χ2v) is 6.38. The summed E-state index contributed by atoms with van der Waals surface area (Å²) in [5, 5.41) is 9.58. The van der Waals surface area contributed by atoms with Crippen LogP contribution in [0.3, 0.4) is 0 Å². The van der Waals surface area contributed by atoms with E-state index in [4.69, 9.17) is 9.47 Å². The molecule has 1 aliphatic rings. The van der Waals surface area contributed by atoms with Gasteiger partial charge in [0.05, 0.1) is 32.0 Å². The summed E-state index contributed by atoms with van der Waals surface area (Å²) in [7, 11) is 3.08. The van der Waals surface area contributed by atoms with E-state index in [9.17, 15) is 9.59 Å². The molecule has 1 N–H and O–H groups in total. The Morgan fingerprint density at radius 3 is 2.59 bits per heavy atom. The molecule has 8 nitrogen and oxygen atoms in total. The molecule has 150 valence electrons. The topological polar surface area (TPSA) is 92.6 Å². The number of nitrogens with one attached hydrogen (secondary N) is 1. The third-order valence-electron chi connectivity index (χ3n) is 4.41. The zero-order chi connectivity index (χ0) is 20.8. The van der Waals surface area contributed by atoms with Gasteiger partial charge in [0.25, 0.3) is 5.91 Å². The van der Waals surface area contributed by atoms with Gasteiger partial charge < -0.3 is 9.47 Å². The van der Waals surface area contributed by atoms with Crippen LogP contribution >= 0.6 is 0 Å². The molecule has 0 fully saturated rings. The number of hydrogen-bond donors (Lipinski definition) is 1. The Morgan fingerprint density at radius 1 is 1.17 bits per heavy atom. The van der Waals surface area contributed by atoms with E-state index >= 15 is 0 Å². The lowest BCUT2D eigenvalue weighted by Gasteiger charge is -2.12. The highest BCUT2D eigenvalue weighted by molar-refractivity contribution is 6.23. The smallest absolute Gasteiger partial charge is 0.261 e. The van der Waals surface area contributed by atoms with Crippen molar-refractivity contribution in [2.75, 3.05) is 19.2 Å². The zero-order valence-corrected chi connectivity index (χ0v) is 16.5. The van der Waals surface area contributed by atoms with Crippen molar-refractivity contribution >= 4 is 29.4 Å². The van der Waals surface area contributed by atoms with Crippen LogP contribution in [0.4, 0.5) is 5.69 Å². The summed E-state index contributed by atoms with van der Waals surface area (Å²) in [5.74, 6) is -0.00514. The van der Waals surface area contributed by atoms with Gasteiger partial charge in [0.2, 0.25) is 5.91 Å². The van der Waals surface area contributed by atoms with E-state index in [2.05, 4.69) is 15.6 Å². The molecule has 29 heavy (non-hydrogen) atoms. The number of nitrogens with zero attached hydrogens (tertiary/aromatic N) is 3. The first-order chi connectivity index (χ1) is 14.0. The standard InChI is InChI=1S/C21H22N4O4/c1-14-17(21(27)25(24-14)16-7-5-4-6-8-16)13-22-23-20(26)12-15-9-10-18(28-2)19(11-15)29-3/h4-11,13,17H,12H2,1-3H3,(H,23,26)/b22-13-/t17-/m0/s1. The van der Waals surface area contributed by atoms with Crippen molar-refractivity contribution in [2.45, 2.75) is 13.3 Å². The first-order valence-electron chi connectivity index (χ1n) is 9.00. The number of carbonyl (C=O) groups is 2. The SMILES string of the molecule is COc1ccc(CC(=O)N/N=C\[C@@H]2C(=O)N(c3ccccc3)N=C2C)cc1OC. The molecular weight excluding hydrogens is 372 g/mol. The molecule has 1 aliphatic heterocycles.